The quantitative estimate of drug-likeness (QED) is 0.0639. The smallest absolute Gasteiger partial charge is 0.407 e. The summed E-state index contributed by atoms with van der Waals surface area (Å²) in [7, 11) is -6.95. The summed E-state index contributed by atoms with van der Waals surface area (Å²) in [5.41, 5.74) is 8.67. The number of oxazole rings is 2. The Morgan fingerprint density at radius 2 is 1.00 bits per heavy atom. The van der Waals surface area contributed by atoms with Gasteiger partial charge >= 0.3 is 18.2 Å². The molecule has 3 amide bonds. The Morgan fingerprint density at radius 3 is 1.35 bits per heavy atom. The van der Waals surface area contributed by atoms with Crippen LogP contribution in [0.2, 0.25) is 0 Å². The van der Waals surface area contributed by atoms with Gasteiger partial charge in [-0.1, -0.05) is 12.1 Å². The Hall–Kier alpha value is -7.50. The summed E-state index contributed by atoms with van der Waals surface area (Å²) in [4.78, 5) is 64.2. The van der Waals surface area contributed by atoms with E-state index in [9.17, 15) is 36.0 Å². The molecule has 0 atom stereocenters. The zero-order valence-corrected chi connectivity index (χ0v) is 48.7. The number of nitrogens with one attached hydrogen (secondary N) is 3. The predicted octanol–water partition coefficient (Wildman–Crippen LogP) is 9.36. The van der Waals surface area contributed by atoms with Crippen LogP contribution >= 0.6 is 0 Å². The lowest BCUT2D eigenvalue weighted by Crippen LogP contribution is -2.42. The Labute approximate surface area is 473 Å². The Balaban J connectivity index is 0.000000232. The van der Waals surface area contributed by atoms with Crippen molar-refractivity contribution in [2.24, 2.45) is 5.73 Å². The van der Waals surface area contributed by atoms with E-state index in [1.807, 2.05) is 24.3 Å². The summed E-state index contributed by atoms with van der Waals surface area (Å²) in [5.74, 6) is -0.297. The number of carboxylic acids is 1. The average Bonchev–Trinajstić information content (AvgIpc) is 4.07. The van der Waals surface area contributed by atoms with E-state index in [-0.39, 0.29) is 41.0 Å². The van der Waals surface area contributed by atoms with Gasteiger partial charge < -0.3 is 45.1 Å². The van der Waals surface area contributed by atoms with E-state index in [2.05, 4.69) is 35.9 Å². The van der Waals surface area contributed by atoms with Crippen LogP contribution in [0.1, 0.15) is 148 Å². The van der Waals surface area contributed by atoms with Crippen molar-refractivity contribution in [1.29, 1.82) is 0 Å². The molecule has 4 aromatic heterocycles. The molecule has 23 heteroatoms. The number of nitrogens with two attached hydrogens (primary N) is 1. The van der Waals surface area contributed by atoms with Crippen molar-refractivity contribution in [3.05, 3.63) is 143 Å². The zero-order valence-electron chi connectivity index (χ0n) is 47.1. The highest BCUT2D eigenvalue weighted by molar-refractivity contribution is 7.91. The summed E-state index contributed by atoms with van der Waals surface area (Å²) >= 11 is 0. The van der Waals surface area contributed by atoms with Gasteiger partial charge in [0.1, 0.15) is 22.7 Å². The van der Waals surface area contributed by atoms with Gasteiger partial charge in [-0.15, -0.1) is 0 Å². The normalized spacial score (nSPS) is 17.4. The first kappa shape index (κ1) is 62.7. The van der Waals surface area contributed by atoms with Crippen LogP contribution in [0.15, 0.2) is 106 Å². The van der Waals surface area contributed by atoms with E-state index in [4.69, 9.17) is 29.1 Å². The van der Waals surface area contributed by atoms with Crippen molar-refractivity contribution >= 4 is 43.7 Å². The van der Waals surface area contributed by atoms with Crippen LogP contribution in [0.5, 0.6) is 0 Å². The number of pyridine rings is 2. The highest BCUT2D eigenvalue weighted by atomic mass is 32.2. The number of sulfone groups is 2. The maximum absolute atomic E-state index is 13.2. The monoisotopic (exact) mass is 1150 g/mol. The molecular weight excluding hydrogens is 1080 g/mol. The summed E-state index contributed by atoms with van der Waals surface area (Å²) < 4.78 is 74.5. The number of aryl methyl sites for hydroxylation is 2. The Morgan fingerprint density at radius 1 is 0.605 bits per heavy atom. The van der Waals surface area contributed by atoms with Gasteiger partial charge in [-0.05, 0) is 179 Å². The molecule has 2 aliphatic carbocycles. The van der Waals surface area contributed by atoms with Crippen molar-refractivity contribution < 1.29 is 59.4 Å². The zero-order chi connectivity index (χ0) is 59.1. The number of hydrogen-bond acceptors (Lipinski definition) is 17. The van der Waals surface area contributed by atoms with Gasteiger partial charge in [0, 0.05) is 66.7 Å². The van der Waals surface area contributed by atoms with Crippen molar-refractivity contribution in [3.8, 4) is 22.9 Å². The first-order chi connectivity index (χ1) is 38.2. The number of hydrogen-bond donors (Lipinski definition) is 5. The molecule has 2 aliphatic rings. The van der Waals surface area contributed by atoms with E-state index in [1.54, 1.807) is 117 Å². The first-order valence-electron chi connectivity index (χ1n) is 26.7. The lowest BCUT2D eigenvalue weighted by molar-refractivity contribution is 0.0481. The summed E-state index contributed by atoms with van der Waals surface area (Å²) in [5, 5.41) is 16.5. The molecule has 6 aromatic rings. The second-order valence-electron chi connectivity index (χ2n) is 22.0. The maximum Gasteiger partial charge on any atom is 0.407 e. The number of benzene rings is 2. The van der Waals surface area contributed by atoms with E-state index >= 15 is 0 Å². The third kappa shape index (κ3) is 19.6. The second kappa shape index (κ2) is 27.8. The molecule has 0 bridgehead atoms. The van der Waals surface area contributed by atoms with Gasteiger partial charge in [0.25, 0.3) is 5.91 Å². The Kier molecular flexibility index (Phi) is 21.5. The number of rotatable bonds is 15. The predicted molar refractivity (Wildman–Crippen MR) is 304 cm³/mol. The van der Waals surface area contributed by atoms with Crippen LogP contribution in [0.3, 0.4) is 0 Å². The molecule has 2 fully saturated rings. The third-order valence-corrected chi connectivity index (χ3v) is 17.5. The molecule has 2 saturated carbocycles. The fourth-order valence-corrected chi connectivity index (χ4v) is 12.6. The molecule has 0 saturated heterocycles. The SMILES string of the molecule is Cc1oc(-c2ccc(C(=O)NCc3cccnc3)cc2)nc1CS(=O)(=O)C1CCC(NC(=O)OC(C)(C)C)CC1.Cc1oc(-c2ccc(C(=O)O)cc2)nc1CS(=O)(=O)C1CCC(NC(=O)OC(C)(C)C)CC1.NCc1cccnc1. The van der Waals surface area contributed by atoms with E-state index in [0.29, 0.717) is 110 Å². The molecule has 0 unspecified atom stereocenters. The number of carbonyl (C=O) groups excluding carboxylic acids is 3. The fourth-order valence-electron chi connectivity index (χ4n) is 8.89. The first-order valence-corrected chi connectivity index (χ1v) is 30.1. The third-order valence-electron chi connectivity index (χ3n) is 13.2. The minimum Gasteiger partial charge on any atom is -0.478 e. The Bertz CT molecular complexity index is 3270. The second-order valence-corrected chi connectivity index (χ2v) is 26.5. The minimum atomic E-state index is -3.48. The minimum absolute atomic E-state index is 0.109. The van der Waals surface area contributed by atoms with Gasteiger partial charge in [0.2, 0.25) is 11.8 Å². The number of alkyl carbamates (subject to hydrolysis) is 2. The molecule has 0 spiro atoms. The fraction of sp³-hybridized carbons (Fsp3) is 0.448. The van der Waals surface area contributed by atoms with Crippen LogP contribution in [-0.4, -0.2) is 99.7 Å². The van der Waals surface area contributed by atoms with Crippen molar-refractivity contribution in [3.63, 3.8) is 0 Å². The average molecular weight is 1160 g/mol. The number of carboxylic acid groups (broad SMARTS) is 1. The van der Waals surface area contributed by atoms with E-state index < -0.39 is 59.5 Å². The highest BCUT2D eigenvalue weighted by Gasteiger charge is 2.35. The number of ether oxygens (including phenoxy) is 2. The summed E-state index contributed by atoms with van der Waals surface area (Å²) in [6.45, 7) is 15.1. The van der Waals surface area contributed by atoms with Gasteiger partial charge in [0.15, 0.2) is 19.7 Å². The van der Waals surface area contributed by atoms with Crippen molar-refractivity contribution in [1.82, 2.24) is 35.9 Å². The van der Waals surface area contributed by atoms with Crippen molar-refractivity contribution in [2.45, 2.75) is 165 Å². The van der Waals surface area contributed by atoms with Crippen LogP contribution < -0.4 is 21.7 Å². The molecule has 436 valence electrons. The number of nitrogens with zero attached hydrogens (tertiary/aromatic N) is 4. The lowest BCUT2D eigenvalue weighted by Gasteiger charge is -2.29. The molecule has 21 nitrogen and oxygen atoms in total. The van der Waals surface area contributed by atoms with Crippen LogP contribution in [0, 0.1) is 13.8 Å². The molecular formula is C58H74N8O13S2. The largest absolute Gasteiger partial charge is 0.478 e. The number of amides is 3. The standard InChI is InChI=1S/C29H36N4O6S.C23H30N2O7S.C6H8N2/c1-19-25(18-40(36,37)24-13-11-23(12-14-24)32-28(35)39-29(2,3)4)33-27(38-19)22-9-7-21(8-10-22)26(34)31-17-20-6-5-15-30-16-20;1-14-19(25-20(31-14)15-5-7-16(8-6-15)21(26)27)13-33(29,30)18-11-9-17(10-12-18)24-22(28)32-23(2,3)4;7-4-6-2-1-3-8-5-6/h5-10,15-16,23-24H,11-14,17-18H2,1-4H3,(H,31,34)(H,32,35);5-8,17-18H,9-13H2,1-4H3,(H,24,28)(H,26,27);1-3,5H,4,7H2. The van der Waals surface area contributed by atoms with E-state index in [0.717, 1.165) is 11.1 Å². The van der Waals surface area contributed by atoms with E-state index in [1.165, 1.54) is 12.1 Å². The van der Waals surface area contributed by atoms with Crippen molar-refractivity contribution in [2.75, 3.05) is 0 Å². The highest BCUT2D eigenvalue weighted by Crippen LogP contribution is 2.31. The molecule has 0 aliphatic heterocycles. The van der Waals surface area contributed by atoms with Gasteiger partial charge in [-0.3, -0.25) is 14.8 Å². The summed E-state index contributed by atoms with van der Waals surface area (Å²) in [6.07, 6.45) is 9.94. The summed E-state index contributed by atoms with van der Waals surface area (Å²) in [6, 6.07) is 20.1. The molecule has 6 N–H and O–H groups in total. The van der Waals surface area contributed by atoms with Gasteiger partial charge in [-0.25, -0.2) is 41.2 Å². The topological polar surface area (TPSA) is 315 Å². The van der Waals surface area contributed by atoms with Crippen LogP contribution in [0.4, 0.5) is 9.59 Å². The van der Waals surface area contributed by atoms with Gasteiger partial charge in [0.05, 0.1) is 39.0 Å². The molecule has 4 heterocycles. The molecule has 8 rings (SSSR count). The van der Waals surface area contributed by atoms with Crippen LogP contribution in [0.25, 0.3) is 22.9 Å². The van der Waals surface area contributed by atoms with Crippen LogP contribution in [-0.2, 0) is 53.7 Å². The number of aromatic carboxylic acids is 1. The number of aromatic nitrogens is 4. The number of carbonyl (C=O) groups is 4. The molecule has 81 heavy (non-hydrogen) atoms. The lowest BCUT2D eigenvalue weighted by atomic mass is 9.95. The molecule has 2 aromatic carbocycles. The van der Waals surface area contributed by atoms with Gasteiger partial charge in [-0.2, -0.15) is 0 Å². The maximum atomic E-state index is 13.2. The molecule has 0 radical (unpaired) electrons.